The number of esters is 1. The molecule has 0 atom stereocenters. The molecule has 0 radical (unpaired) electrons. The molecule has 114 valence electrons. The summed E-state index contributed by atoms with van der Waals surface area (Å²) >= 11 is 3.96. The number of nitrogens with zero attached hydrogens (tertiary/aromatic N) is 1. The molecule has 2 rings (SSSR count). The molecule has 11 heteroatoms. The first kappa shape index (κ1) is 16.1. The first-order chi connectivity index (χ1) is 9.75. The highest BCUT2D eigenvalue weighted by Gasteiger charge is 2.35. The summed E-state index contributed by atoms with van der Waals surface area (Å²) in [5.41, 5.74) is 0. The number of carbonyl (C=O) groups is 3. The van der Waals surface area contributed by atoms with Crippen LogP contribution in [0.5, 0.6) is 0 Å². The van der Waals surface area contributed by atoms with E-state index in [1.54, 1.807) is 0 Å². The number of rotatable bonds is 3. The minimum atomic E-state index is -4.07. The van der Waals surface area contributed by atoms with Crippen LogP contribution < -0.4 is 5.32 Å². The lowest BCUT2D eigenvalue weighted by atomic mass is 10.4. The Bertz CT molecular complexity index is 710. The number of carbonyl (C=O) groups excluding carboxylic acids is 3. The Morgan fingerprint density at radius 2 is 1.95 bits per heavy atom. The standard InChI is InChI=1S/C10H9BrN2O6S2/c1-19-10(16)5-2-6(9(11)20-5)21(17,18)13-3-7(14)12-8(15)4-13/h2H,3-4H2,1H3,(H,12,14,15). The molecule has 1 fully saturated rings. The van der Waals surface area contributed by atoms with E-state index in [0.717, 1.165) is 21.7 Å². The van der Waals surface area contributed by atoms with Crippen molar-refractivity contribution in [2.75, 3.05) is 20.2 Å². The summed E-state index contributed by atoms with van der Waals surface area (Å²) < 4.78 is 30.4. The van der Waals surface area contributed by atoms with Gasteiger partial charge in [0.05, 0.1) is 24.0 Å². The van der Waals surface area contributed by atoms with Crippen molar-refractivity contribution in [1.82, 2.24) is 9.62 Å². The molecule has 0 spiro atoms. The molecule has 0 aliphatic carbocycles. The monoisotopic (exact) mass is 396 g/mol. The number of imide groups is 1. The largest absolute Gasteiger partial charge is 0.465 e. The van der Waals surface area contributed by atoms with Crippen LogP contribution in [0.2, 0.25) is 0 Å². The van der Waals surface area contributed by atoms with Gasteiger partial charge in [-0.05, 0) is 22.0 Å². The van der Waals surface area contributed by atoms with Gasteiger partial charge in [0.1, 0.15) is 9.77 Å². The molecule has 2 heterocycles. The zero-order valence-corrected chi connectivity index (χ0v) is 13.8. The van der Waals surface area contributed by atoms with Gasteiger partial charge in [0, 0.05) is 0 Å². The van der Waals surface area contributed by atoms with Crippen LogP contribution in [0.15, 0.2) is 14.7 Å². The molecule has 0 saturated carbocycles. The van der Waals surface area contributed by atoms with Gasteiger partial charge in [-0.25, -0.2) is 13.2 Å². The number of hydrogen-bond acceptors (Lipinski definition) is 7. The molecule has 1 N–H and O–H groups in total. The molecule has 2 amide bonds. The number of ether oxygens (including phenoxy) is 1. The number of methoxy groups -OCH3 is 1. The summed E-state index contributed by atoms with van der Waals surface area (Å²) in [7, 11) is -2.89. The Hall–Kier alpha value is -1.30. The van der Waals surface area contributed by atoms with Crippen LogP contribution in [0.25, 0.3) is 0 Å². The SMILES string of the molecule is COC(=O)c1cc(S(=O)(=O)N2CC(=O)NC(=O)C2)c(Br)s1. The maximum atomic E-state index is 12.4. The lowest BCUT2D eigenvalue weighted by Crippen LogP contribution is -2.53. The van der Waals surface area contributed by atoms with Gasteiger partial charge in [0.25, 0.3) is 0 Å². The third-order valence-corrected chi connectivity index (χ3v) is 6.60. The average molecular weight is 397 g/mol. The third-order valence-electron chi connectivity index (χ3n) is 2.58. The number of halogens is 1. The van der Waals surface area contributed by atoms with E-state index >= 15 is 0 Å². The van der Waals surface area contributed by atoms with Gasteiger partial charge in [-0.15, -0.1) is 11.3 Å². The maximum Gasteiger partial charge on any atom is 0.348 e. The molecule has 1 aliphatic heterocycles. The first-order valence-corrected chi connectivity index (χ1v) is 8.51. The molecule has 1 aromatic heterocycles. The zero-order valence-electron chi connectivity index (χ0n) is 10.6. The van der Waals surface area contributed by atoms with Crippen LogP contribution in [0, 0.1) is 0 Å². The molecule has 1 aliphatic rings. The second-order valence-corrected chi connectivity index (χ2v) is 8.26. The number of piperazine rings is 1. The topological polar surface area (TPSA) is 110 Å². The molecule has 1 saturated heterocycles. The summed E-state index contributed by atoms with van der Waals surface area (Å²) in [6, 6.07) is 1.15. The number of thiophene rings is 1. The summed E-state index contributed by atoms with van der Waals surface area (Å²) in [5.74, 6) is -2.07. The van der Waals surface area contributed by atoms with Gasteiger partial charge in [-0.2, -0.15) is 4.31 Å². The summed E-state index contributed by atoms with van der Waals surface area (Å²) in [4.78, 5) is 33.9. The number of amides is 2. The van der Waals surface area contributed by atoms with Crippen molar-refractivity contribution in [2.24, 2.45) is 0 Å². The number of nitrogens with one attached hydrogen (secondary N) is 1. The molecule has 1 aromatic rings. The maximum absolute atomic E-state index is 12.4. The fraction of sp³-hybridized carbons (Fsp3) is 0.300. The Morgan fingerprint density at radius 1 is 1.38 bits per heavy atom. The van der Waals surface area contributed by atoms with Crippen molar-refractivity contribution in [3.63, 3.8) is 0 Å². The molecule has 0 bridgehead atoms. The average Bonchev–Trinajstić information content (AvgIpc) is 2.79. The Balaban J connectivity index is 2.40. The molecule has 0 unspecified atom stereocenters. The molecule has 0 aromatic carbocycles. The van der Waals surface area contributed by atoms with Crippen molar-refractivity contribution in [3.8, 4) is 0 Å². The first-order valence-electron chi connectivity index (χ1n) is 5.46. The second kappa shape index (κ2) is 5.83. The predicted molar refractivity (Wildman–Crippen MR) is 75.3 cm³/mol. The summed E-state index contributed by atoms with van der Waals surface area (Å²) in [5, 5.41) is 2.01. The fourth-order valence-electron chi connectivity index (χ4n) is 1.65. The van der Waals surface area contributed by atoms with Crippen LogP contribution >= 0.6 is 27.3 Å². The zero-order chi connectivity index (χ0) is 15.8. The fourth-order valence-corrected chi connectivity index (χ4v) is 5.43. The van der Waals surface area contributed by atoms with E-state index in [4.69, 9.17) is 0 Å². The van der Waals surface area contributed by atoms with Gasteiger partial charge in [-0.1, -0.05) is 0 Å². The molecular formula is C10H9BrN2O6S2. The summed E-state index contributed by atoms with van der Waals surface area (Å²) in [6.45, 7) is -0.909. The lowest BCUT2D eigenvalue weighted by molar-refractivity contribution is -0.134. The van der Waals surface area contributed by atoms with E-state index in [-0.39, 0.29) is 13.6 Å². The minimum Gasteiger partial charge on any atom is -0.465 e. The van der Waals surface area contributed by atoms with Crippen LogP contribution in [-0.4, -0.2) is 50.7 Å². The van der Waals surface area contributed by atoms with E-state index in [1.165, 1.54) is 7.11 Å². The van der Waals surface area contributed by atoms with Crippen LogP contribution in [0.3, 0.4) is 0 Å². The molecular weight excluding hydrogens is 388 g/mol. The van der Waals surface area contributed by atoms with Gasteiger partial charge in [-0.3, -0.25) is 14.9 Å². The van der Waals surface area contributed by atoms with Crippen molar-refractivity contribution in [1.29, 1.82) is 0 Å². The number of hydrogen-bond donors (Lipinski definition) is 1. The Kier molecular flexibility index (Phi) is 4.46. The smallest absolute Gasteiger partial charge is 0.348 e. The van der Waals surface area contributed by atoms with Crippen molar-refractivity contribution in [2.45, 2.75) is 4.90 Å². The van der Waals surface area contributed by atoms with Gasteiger partial charge in [0.2, 0.25) is 21.8 Å². The van der Waals surface area contributed by atoms with Gasteiger partial charge in [0.15, 0.2) is 0 Å². The highest BCUT2D eigenvalue weighted by atomic mass is 79.9. The lowest BCUT2D eigenvalue weighted by Gasteiger charge is -2.24. The highest BCUT2D eigenvalue weighted by Crippen LogP contribution is 2.34. The minimum absolute atomic E-state index is 0.0933. The van der Waals surface area contributed by atoms with E-state index in [9.17, 15) is 22.8 Å². The van der Waals surface area contributed by atoms with E-state index in [1.807, 2.05) is 5.32 Å². The Morgan fingerprint density at radius 3 is 2.48 bits per heavy atom. The predicted octanol–water partition coefficient (Wildman–Crippen LogP) is -0.0557. The van der Waals surface area contributed by atoms with Crippen LogP contribution in [0.4, 0.5) is 0 Å². The second-order valence-electron chi connectivity index (χ2n) is 3.98. The normalized spacial score (nSPS) is 16.7. The van der Waals surface area contributed by atoms with E-state index < -0.39 is 40.9 Å². The molecule has 8 nitrogen and oxygen atoms in total. The highest BCUT2D eigenvalue weighted by molar-refractivity contribution is 9.11. The Labute approximate surface area is 132 Å². The van der Waals surface area contributed by atoms with Gasteiger partial charge >= 0.3 is 5.97 Å². The van der Waals surface area contributed by atoms with Gasteiger partial charge < -0.3 is 4.74 Å². The third kappa shape index (κ3) is 3.15. The van der Waals surface area contributed by atoms with Crippen molar-refractivity contribution in [3.05, 3.63) is 14.7 Å². The molecule has 21 heavy (non-hydrogen) atoms. The van der Waals surface area contributed by atoms with Crippen molar-refractivity contribution < 1.29 is 27.5 Å². The van der Waals surface area contributed by atoms with E-state index in [2.05, 4.69) is 20.7 Å². The van der Waals surface area contributed by atoms with E-state index in [0.29, 0.717) is 0 Å². The van der Waals surface area contributed by atoms with Crippen molar-refractivity contribution >= 4 is 55.1 Å². The summed E-state index contributed by atoms with van der Waals surface area (Å²) in [6.07, 6.45) is 0. The number of sulfonamides is 1. The van der Waals surface area contributed by atoms with Crippen LogP contribution in [0.1, 0.15) is 9.67 Å². The quantitative estimate of drug-likeness (QED) is 0.566. The van der Waals surface area contributed by atoms with Crippen LogP contribution in [-0.2, 0) is 24.3 Å².